The number of ether oxygens (including phenoxy) is 2. The highest BCUT2D eigenvalue weighted by molar-refractivity contribution is 9.10. The zero-order valence-electron chi connectivity index (χ0n) is 13.3. The Morgan fingerprint density at radius 3 is 2.43 bits per heavy atom. The predicted octanol–water partition coefficient (Wildman–Crippen LogP) is 3.64. The first kappa shape index (κ1) is 17.3. The van der Waals surface area contributed by atoms with Crippen LogP contribution in [0.4, 0.5) is 0 Å². The number of amides is 1. The van der Waals surface area contributed by atoms with E-state index < -0.39 is 0 Å². The van der Waals surface area contributed by atoms with E-state index >= 15 is 0 Å². The molecule has 1 N–H and O–H groups in total. The minimum Gasteiger partial charge on any atom is -0.492 e. The fourth-order valence-corrected chi connectivity index (χ4v) is 2.52. The Labute approximate surface area is 144 Å². The van der Waals surface area contributed by atoms with Gasteiger partial charge in [-0.15, -0.1) is 0 Å². The molecule has 5 heteroatoms. The van der Waals surface area contributed by atoms with Gasteiger partial charge in [-0.1, -0.05) is 23.8 Å². The van der Waals surface area contributed by atoms with Gasteiger partial charge < -0.3 is 14.8 Å². The van der Waals surface area contributed by atoms with Crippen LogP contribution < -0.4 is 14.8 Å². The molecule has 0 spiro atoms. The Bertz CT molecular complexity index is 656. The summed E-state index contributed by atoms with van der Waals surface area (Å²) >= 11 is 3.42. The first-order chi connectivity index (χ1) is 11.0. The van der Waals surface area contributed by atoms with Crippen molar-refractivity contribution >= 4 is 21.8 Å². The van der Waals surface area contributed by atoms with E-state index in [2.05, 4.69) is 21.2 Å². The lowest BCUT2D eigenvalue weighted by molar-refractivity contribution is -0.123. The number of carbonyl (C=O) groups excluding carboxylic acids is 1. The van der Waals surface area contributed by atoms with Gasteiger partial charge in [-0.3, -0.25) is 4.79 Å². The van der Waals surface area contributed by atoms with Crippen molar-refractivity contribution in [3.05, 3.63) is 58.1 Å². The van der Waals surface area contributed by atoms with Gasteiger partial charge >= 0.3 is 0 Å². The van der Waals surface area contributed by atoms with E-state index in [0.717, 1.165) is 15.8 Å². The van der Waals surface area contributed by atoms with Gasteiger partial charge in [0.1, 0.15) is 18.1 Å². The molecule has 122 valence electrons. The number of halogens is 1. The number of benzene rings is 2. The monoisotopic (exact) mass is 377 g/mol. The number of hydrogen-bond donors (Lipinski definition) is 1. The average molecular weight is 378 g/mol. The molecule has 2 aromatic carbocycles. The van der Waals surface area contributed by atoms with Gasteiger partial charge in [-0.25, -0.2) is 0 Å². The molecule has 0 radical (unpaired) electrons. The van der Waals surface area contributed by atoms with Gasteiger partial charge in [0, 0.05) is 0 Å². The third-order valence-electron chi connectivity index (χ3n) is 3.16. The van der Waals surface area contributed by atoms with Crippen molar-refractivity contribution in [2.75, 3.05) is 19.8 Å². The van der Waals surface area contributed by atoms with E-state index in [4.69, 9.17) is 9.47 Å². The first-order valence-electron chi connectivity index (χ1n) is 7.40. The fourth-order valence-electron chi connectivity index (χ4n) is 1.91. The molecule has 0 saturated carbocycles. The van der Waals surface area contributed by atoms with Crippen LogP contribution in [0, 0.1) is 13.8 Å². The second kappa shape index (κ2) is 8.58. The molecule has 0 aliphatic carbocycles. The van der Waals surface area contributed by atoms with Crippen LogP contribution in [0.1, 0.15) is 11.1 Å². The van der Waals surface area contributed by atoms with Gasteiger partial charge in [0.15, 0.2) is 6.61 Å². The maximum atomic E-state index is 11.7. The maximum Gasteiger partial charge on any atom is 0.258 e. The van der Waals surface area contributed by atoms with E-state index in [1.54, 1.807) is 0 Å². The van der Waals surface area contributed by atoms with Crippen LogP contribution in [-0.2, 0) is 4.79 Å². The molecule has 2 rings (SSSR count). The van der Waals surface area contributed by atoms with E-state index in [1.807, 2.05) is 56.3 Å². The highest BCUT2D eigenvalue weighted by Gasteiger charge is 2.05. The predicted molar refractivity (Wildman–Crippen MR) is 94.1 cm³/mol. The Kier molecular flexibility index (Phi) is 6.47. The number of nitrogens with one attached hydrogen (secondary N) is 1. The van der Waals surface area contributed by atoms with Crippen molar-refractivity contribution in [2.45, 2.75) is 13.8 Å². The highest BCUT2D eigenvalue weighted by Crippen LogP contribution is 2.25. The normalized spacial score (nSPS) is 10.2. The Hall–Kier alpha value is -2.01. The summed E-state index contributed by atoms with van der Waals surface area (Å²) in [5, 5.41) is 2.76. The summed E-state index contributed by atoms with van der Waals surface area (Å²) < 4.78 is 11.9. The van der Waals surface area contributed by atoms with E-state index in [0.29, 0.717) is 18.9 Å². The minimum absolute atomic E-state index is 0.0216. The van der Waals surface area contributed by atoms with Crippen molar-refractivity contribution in [3.8, 4) is 11.5 Å². The third kappa shape index (κ3) is 5.94. The quantitative estimate of drug-likeness (QED) is 0.749. The Balaban J connectivity index is 1.66. The summed E-state index contributed by atoms with van der Waals surface area (Å²) in [5.41, 5.74) is 2.31. The summed E-state index contributed by atoms with van der Waals surface area (Å²) in [7, 11) is 0. The molecular formula is C18H20BrNO3. The second-order valence-corrected chi connectivity index (χ2v) is 6.09. The highest BCUT2D eigenvalue weighted by atomic mass is 79.9. The smallest absolute Gasteiger partial charge is 0.258 e. The van der Waals surface area contributed by atoms with Crippen molar-refractivity contribution in [2.24, 2.45) is 0 Å². The van der Waals surface area contributed by atoms with Crippen molar-refractivity contribution in [3.63, 3.8) is 0 Å². The van der Waals surface area contributed by atoms with E-state index in [1.165, 1.54) is 5.56 Å². The molecule has 0 saturated heterocycles. The number of aryl methyl sites for hydroxylation is 2. The number of rotatable bonds is 7. The van der Waals surface area contributed by atoms with Gasteiger partial charge in [0.25, 0.3) is 5.91 Å². The lowest BCUT2D eigenvalue weighted by atomic mass is 10.2. The van der Waals surface area contributed by atoms with Crippen LogP contribution in [0.25, 0.3) is 0 Å². The van der Waals surface area contributed by atoms with Crippen LogP contribution in [0.5, 0.6) is 11.5 Å². The molecule has 0 aromatic heterocycles. The van der Waals surface area contributed by atoms with Crippen LogP contribution in [0.3, 0.4) is 0 Å². The summed E-state index contributed by atoms with van der Waals surface area (Å²) in [5.74, 6) is 1.27. The number of carbonyl (C=O) groups is 1. The van der Waals surface area contributed by atoms with Crippen molar-refractivity contribution < 1.29 is 14.3 Å². The first-order valence-corrected chi connectivity index (χ1v) is 8.19. The molecule has 0 fully saturated rings. The zero-order valence-corrected chi connectivity index (χ0v) is 14.9. The molecule has 0 unspecified atom stereocenters. The number of hydrogen-bond acceptors (Lipinski definition) is 3. The molecule has 0 heterocycles. The molecule has 0 bridgehead atoms. The van der Waals surface area contributed by atoms with E-state index in [9.17, 15) is 4.79 Å². The fraction of sp³-hybridized carbons (Fsp3) is 0.278. The minimum atomic E-state index is -0.176. The van der Waals surface area contributed by atoms with Gasteiger partial charge in [-0.05, 0) is 59.6 Å². The lowest BCUT2D eigenvalue weighted by Crippen LogP contribution is -2.32. The van der Waals surface area contributed by atoms with Crippen LogP contribution in [-0.4, -0.2) is 25.7 Å². The maximum absolute atomic E-state index is 11.7. The van der Waals surface area contributed by atoms with Crippen LogP contribution in [0.15, 0.2) is 46.9 Å². The third-order valence-corrected chi connectivity index (χ3v) is 3.78. The van der Waals surface area contributed by atoms with Gasteiger partial charge in [-0.2, -0.15) is 0 Å². The molecule has 4 nitrogen and oxygen atoms in total. The molecule has 0 aliphatic rings. The molecule has 0 aliphatic heterocycles. The topological polar surface area (TPSA) is 47.6 Å². The van der Waals surface area contributed by atoms with Gasteiger partial charge in [0.05, 0.1) is 11.0 Å². The van der Waals surface area contributed by atoms with Crippen molar-refractivity contribution in [1.29, 1.82) is 0 Å². The molecule has 2 aromatic rings. The summed E-state index contributed by atoms with van der Waals surface area (Å²) in [6.45, 7) is 4.85. The van der Waals surface area contributed by atoms with Crippen molar-refractivity contribution in [1.82, 2.24) is 5.32 Å². The summed E-state index contributed by atoms with van der Waals surface area (Å²) in [6.07, 6.45) is 0. The lowest BCUT2D eigenvalue weighted by Gasteiger charge is -2.10. The molecule has 23 heavy (non-hydrogen) atoms. The second-order valence-electron chi connectivity index (χ2n) is 5.23. The Morgan fingerprint density at radius 1 is 1.04 bits per heavy atom. The molecule has 0 atom stereocenters. The Morgan fingerprint density at radius 2 is 1.74 bits per heavy atom. The summed E-state index contributed by atoms with van der Waals surface area (Å²) in [6, 6.07) is 13.5. The SMILES string of the molecule is Cc1ccc(OCCNC(=O)COc2ccc(C)cc2Br)cc1. The van der Waals surface area contributed by atoms with Crippen LogP contribution in [0.2, 0.25) is 0 Å². The zero-order chi connectivity index (χ0) is 16.7. The summed E-state index contributed by atoms with van der Waals surface area (Å²) in [4.78, 5) is 11.7. The van der Waals surface area contributed by atoms with E-state index in [-0.39, 0.29) is 12.5 Å². The van der Waals surface area contributed by atoms with Crippen LogP contribution >= 0.6 is 15.9 Å². The standard InChI is InChI=1S/C18H20BrNO3/c1-13-3-6-15(7-4-13)22-10-9-20-18(21)12-23-17-8-5-14(2)11-16(17)19/h3-8,11H,9-10,12H2,1-2H3,(H,20,21). The molecule has 1 amide bonds. The molecular weight excluding hydrogens is 358 g/mol. The van der Waals surface area contributed by atoms with Gasteiger partial charge in [0.2, 0.25) is 0 Å². The largest absolute Gasteiger partial charge is 0.492 e. The average Bonchev–Trinajstić information content (AvgIpc) is 2.52.